The van der Waals surface area contributed by atoms with Crippen LogP contribution in [0.3, 0.4) is 0 Å². The zero-order valence-corrected chi connectivity index (χ0v) is 13.5. The van der Waals surface area contributed by atoms with Crippen LogP contribution in [-0.2, 0) is 4.79 Å². The molecule has 6 nitrogen and oxygen atoms in total. The number of nitrogens with zero attached hydrogens (tertiary/aromatic N) is 4. The van der Waals surface area contributed by atoms with Crippen LogP contribution < -0.4 is 10.6 Å². The summed E-state index contributed by atoms with van der Waals surface area (Å²) in [6.07, 6.45) is 5.61. The number of hydrogen-bond donors (Lipinski definition) is 1. The Labute approximate surface area is 131 Å². The van der Waals surface area contributed by atoms with E-state index in [-0.39, 0.29) is 17.4 Å². The fourth-order valence-corrected chi connectivity index (χ4v) is 3.74. The molecule has 6 heteroatoms. The second kappa shape index (κ2) is 5.74. The Morgan fingerprint density at radius 2 is 2.14 bits per heavy atom. The van der Waals surface area contributed by atoms with Gasteiger partial charge in [-0.2, -0.15) is 4.98 Å². The highest BCUT2D eigenvalue weighted by Gasteiger charge is 2.42. The molecule has 3 rings (SSSR count). The number of carbonyl (C=O) groups is 1. The molecule has 1 aromatic heterocycles. The van der Waals surface area contributed by atoms with Crippen molar-refractivity contribution < 1.29 is 4.79 Å². The zero-order chi connectivity index (χ0) is 15.7. The third-order valence-corrected chi connectivity index (χ3v) is 4.93. The second-order valence-corrected chi connectivity index (χ2v) is 6.92. The highest BCUT2D eigenvalue weighted by Crippen LogP contribution is 2.40. The van der Waals surface area contributed by atoms with Gasteiger partial charge in [0.25, 0.3) is 0 Å². The Morgan fingerprint density at radius 1 is 1.32 bits per heavy atom. The molecule has 0 saturated carbocycles. The first-order valence-corrected chi connectivity index (χ1v) is 8.12. The Bertz CT molecular complexity index is 561. The molecule has 0 radical (unpaired) electrons. The van der Waals surface area contributed by atoms with Crippen LogP contribution in [0.2, 0.25) is 0 Å². The van der Waals surface area contributed by atoms with Gasteiger partial charge in [-0.05, 0) is 39.2 Å². The number of aromatic nitrogens is 2. The molecule has 0 bridgehead atoms. The van der Waals surface area contributed by atoms with Crippen LogP contribution >= 0.6 is 0 Å². The first kappa shape index (κ1) is 15.1. The third kappa shape index (κ3) is 2.87. The molecule has 1 spiro atoms. The van der Waals surface area contributed by atoms with E-state index in [1.165, 1.54) is 6.42 Å². The van der Waals surface area contributed by atoms with Crippen LogP contribution in [0, 0.1) is 5.41 Å². The summed E-state index contributed by atoms with van der Waals surface area (Å²) >= 11 is 0. The smallest absolute Gasteiger partial charge is 0.227 e. The van der Waals surface area contributed by atoms with Gasteiger partial charge in [0.05, 0.1) is 0 Å². The van der Waals surface area contributed by atoms with E-state index < -0.39 is 0 Å². The van der Waals surface area contributed by atoms with Crippen LogP contribution in [0.4, 0.5) is 11.8 Å². The fourth-order valence-electron chi connectivity index (χ4n) is 3.74. The van der Waals surface area contributed by atoms with Crippen molar-refractivity contribution in [3.63, 3.8) is 0 Å². The number of nitrogen functional groups attached to an aromatic ring is 1. The van der Waals surface area contributed by atoms with Crippen LogP contribution in [0.1, 0.15) is 39.5 Å². The van der Waals surface area contributed by atoms with Gasteiger partial charge in [-0.1, -0.05) is 0 Å². The Balaban J connectivity index is 1.79. The molecule has 3 heterocycles. The number of anilines is 2. The summed E-state index contributed by atoms with van der Waals surface area (Å²) in [6, 6.07) is 1.98. The number of hydrogen-bond acceptors (Lipinski definition) is 5. The quantitative estimate of drug-likeness (QED) is 0.899. The average molecular weight is 303 g/mol. The summed E-state index contributed by atoms with van der Waals surface area (Å²) in [5, 5.41) is 0. The van der Waals surface area contributed by atoms with Gasteiger partial charge < -0.3 is 15.5 Å². The van der Waals surface area contributed by atoms with Crippen molar-refractivity contribution in [2.45, 2.75) is 45.6 Å². The Hall–Kier alpha value is -1.85. The molecule has 1 aromatic rings. The molecule has 2 saturated heterocycles. The van der Waals surface area contributed by atoms with E-state index in [9.17, 15) is 4.79 Å². The SMILES string of the molecule is CC(C)N1C[C@]2(CCCN(c3nccc(N)n3)C2)CCC1=O. The summed E-state index contributed by atoms with van der Waals surface area (Å²) in [6.45, 7) is 6.91. The summed E-state index contributed by atoms with van der Waals surface area (Å²) in [5.74, 6) is 1.51. The standard InChI is InChI=1S/C16H25N5O/c1-12(2)21-11-16(7-4-14(21)22)6-3-9-20(10-16)15-18-8-5-13(17)19-15/h5,8,12H,3-4,6-7,9-11H2,1-2H3,(H2,17,18,19)/t16-/m1/s1. The second-order valence-electron chi connectivity index (χ2n) is 6.92. The van der Waals surface area contributed by atoms with E-state index in [1.807, 2.05) is 4.90 Å². The molecule has 2 N–H and O–H groups in total. The number of amides is 1. The van der Waals surface area contributed by atoms with E-state index in [0.717, 1.165) is 32.5 Å². The van der Waals surface area contributed by atoms with E-state index in [2.05, 4.69) is 28.7 Å². The van der Waals surface area contributed by atoms with Crippen molar-refractivity contribution in [2.24, 2.45) is 5.41 Å². The van der Waals surface area contributed by atoms with Gasteiger partial charge in [0.2, 0.25) is 11.9 Å². The van der Waals surface area contributed by atoms with Crippen molar-refractivity contribution >= 4 is 17.7 Å². The minimum atomic E-state index is 0.171. The van der Waals surface area contributed by atoms with Crippen molar-refractivity contribution in [1.29, 1.82) is 0 Å². The van der Waals surface area contributed by atoms with E-state index in [0.29, 0.717) is 18.2 Å². The summed E-state index contributed by atoms with van der Waals surface area (Å²) < 4.78 is 0. The molecule has 1 amide bonds. The minimum Gasteiger partial charge on any atom is -0.384 e. The zero-order valence-electron chi connectivity index (χ0n) is 13.5. The summed E-state index contributed by atoms with van der Waals surface area (Å²) in [7, 11) is 0. The fraction of sp³-hybridized carbons (Fsp3) is 0.688. The van der Waals surface area contributed by atoms with Gasteiger partial charge in [-0.25, -0.2) is 4.98 Å². The van der Waals surface area contributed by atoms with Gasteiger partial charge >= 0.3 is 0 Å². The lowest BCUT2D eigenvalue weighted by atomic mass is 9.73. The number of rotatable bonds is 2. The Morgan fingerprint density at radius 3 is 2.86 bits per heavy atom. The molecule has 0 unspecified atom stereocenters. The molecular weight excluding hydrogens is 278 g/mol. The normalized spacial score (nSPS) is 26.0. The highest BCUT2D eigenvalue weighted by molar-refractivity contribution is 5.77. The maximum absolute atomic E-state index is 12.1. The maximum atomic E-state index is 12.1. The van der Waals surface area contributed by atoms with E-state index in [4.69, 9.17) is 5.73 Å². The van der Waals surface area contributed by atoms with Crippen molar-refractivity contribution in [1.82, 2.24) is 14.9 Å². The first-order valence-electron chi connectivity index (χ1n) is 8.12. The molecule has 2 fully saturated rings. The molecular formula is C16H25N5O. The predicted octanol–water partition coefficient (Wildman–Crippen LogP) is 1.68. The van der Waals surface area contributed by atoms with Gasteiger partial charge in [-0.15, -0.1) is 0 Å². The maximum Gasteiger partial charge on any atom is 0.227 e. The lowest BCUT2D eigenvalue weighted by Gasteiger charge is -2.49. The van der Waals surface area contributed by atoms with Crippen LogP contribution in [0.25, 0.3) is 0 Å². The third-order valence-electron chi connectivity index (χ3n) is 4.93. The first-order chi connectivity index (χ1) is 10.5. The van der Waals surface area contributed by atoms with E-state index in [1.54, 1.807) is 12.3 Å². The summed E-state index contributed by atoms with van der Waals surface area (Å²) in [5.41, 5.74) is 5.96. The topological polar surface area (TPSA) is 75.3 Å². The van der Waals surface area contributed by atoms with Gasteiger partial charge in [0.1, 0.15) is 5.82 Å². The molecule has 2 aliphatic heterocycles. The molecule has 0 aromatic carbocycles. The molecule has 0 aliphatic carbocycles. The number of likely N-dealkylation sites (tertiary alicyclic amines) is 1. The highest BCUT2D eigenvalue weighted by atomic mass is 16.2. The van der Waals surface area contributed by atoms with Gasteiger partial charge in [0.15, 0.2) is 0 Å². The van der Waals surface area contributed by atoms with Crippen molar-refractivity contribution in [3.05, 3.63) is 12.3 Å². The van der Waals surface area contributed by atoms with Gasteiger partial charge in [-0.3, -0.25) is 4.79 Å². The summed E-state index contributed by atoms with van der Waals surface area (Å²) in [4.78, 5) is 25.1. The number of carbonyl (C=O) groups excluding carboxylic acids is 1. The largest absolute Gasteiger partial charge is 0.384 e. The molecule has 22 heavy (non-hydrogen) atoms. The predicted molar refractivity (Wildman–Crippen MR) is 86.4 cm³/mol. The minimum absolute atomic E-state index is 0.171. The van der Waals surface area contributed by atoms with Crippen LogP contribution in [-0.4, -0.2) is 46.5 Å². The molecule has 1 atom stereocenters. The lowest BCUT2D eigenvalue weighted by molar-refractivity contribution is -0.140. The van der Waals surface area contributed by atoms with Crippen molar-refractivity contribution in [2.75, 3.05) is 30.3 Å². The van der Waals surface area contributed by atoms with E-state index >= 15 is 0 Å². The monoisotopic (exact) mass is 303 g/mol. The Kier molecular flexibility index (Phi) is 3.93. The molecule has 120 valence electrons. The molecule has 2 aliphatic rings. The lowest BCUT2D eigenvalue weighted by Crippen LogP contribution is -2.55. The van der Waals surface area contributed by atoms with Crippen molar-refractivity contribution in [3.8, 4) is 0 Å². The van der Waals surface area contributed by atoms with Gasteiger partial charge in [0, 0.05) is 43.7 Å². The number of piperidine rings is 2. The number of nitrogens with two attached hydrogens (primary N) is 1. The van der Waals surface area contributed by atoms with Crippen LogP contribution in [0.5, 0.6) is 0 Å². The van der Waals surface area contributed by atoms with Crippen LogP contribution in [0.15, 0.2) is 12.3 Å². The average Bonchev–Trinajstić information content (AvgIpc) is 2.50.